The Morgan fingerprint density at radius 2 is 2.19 bits per heavy atom. The van der Waals surface area contributed by atoms with Crippen LogP contribution in [0.15, 0.2) is 24.7 Å². The van der Waals surface area contributed by atoms with Crippen molar-refractivity contribution >= 4 is 59.7 Å². The number of rotatable bonds is 5. The zero-order chi connectivity index (χ0) is 25.4. The van der Waals surface area contributed by atoms with Crippen LogP contribution in [0.1, 0.15) is 30.2 Å². The van der Waals surface area contributed by atoms with E-state index >= 15 is 0 Å². The average molecular weight is 539 g/mol. The van der Waals surface area contributed by atoms with Gasteiger partial charge < -0.3 is 15.0 Å². The number of likely N-dealkylation sites (tertiary alicyclic amines) is 1. The second-order valence-electron chi connectivity index (χ2n) is 10.2. The van der Waals surface area contributed by atoms with E-state index < -0.39 is 14.6 Å². The number of fused-ring (bicyclic) bond motifs is 4. The number of carbonyl (C=O) groups is 1. The molecule has 2 N–H and O–H groups in total. The number of aromatic amines is 1. The minimum absolute atomic E-state index is 0.0787. The van der Waals surface area contributed by atoms with E-state index in [4.69, 9.17) is 4.74 Å². The van der Waals surface area contributed by atoms with Crippen molar-refractivity contribution in [3.05, 3.63) is 35.1 Å². The molecule has 3 aromatic heterocycles. The summed E-state index contributed by atoms with van der Waals surface area (Å²) in [6.07, 6.45) is 6.14. The largest absolute Gasteiger partial charge is 0.492 e. The van der Waals surface area contributed by atoms with Crippen molar-refractivity contribution < 1.29 is 17.9 Å². The van der Waals surface area contributed by atoms with Crippen molar-refractivity contribution in [3.8, 4) is 5.75 Å². The summed E-state index contributed by atoms with van der Waals surface area (Å²) in [5.41, 5.74) is 2.89. The molecule has 1 amide bonds. The molecule has 3 aliphatic rings. The third kappa shape index (κ3) is 3.45. The van der Waals surface area contributed by atoms with Crippen molar-refractivity contribution in [1.29, 1.82) is 0 Å². The first-order valence-corrected chi connectivity index (χ1v) is 15.0. The third-order valence-electron chi connectivity index (χ3n) is 8.04. The lowest BCUT2D eigenvalue weighted by atomic mass is 9.85. The monoisotopic (exact) mass is 538 g/mol. The molecule has 2 aliphatic heterocycles. The Labute approximate surface area is 217 Å². The molecule has 0 unspecified atom stereocenters. The Morgan fingerprint density at radius 1 is 1.32 bits per heavy atom. The number of aromatic nitrogens is 4. The van der Waals surface area contributed by atoms with Crippen LogP contribution in [-0.2, 0) is 27.5 Å². The topological polar surface area (TPSA) is 130 Å². The zero-order valence-corrected chi connectivity index (χ0v) is 21.9. The van der Waals surface area contributed by atoms with Crippen LogP contribution in [0.2, 0.25) is 0 Å². The number of nitrogens with one attached hydrogen (secondary N) is 2. The fourth-order valence-corrected chi connectivity index (χ4v) is 8.95. The molecule has 192 valence electrons. The molecule has 12 heteroatoms. The molecule has 0 saturated carbocycles. The molecule has 4 aromatic rings. The lowest BCUT2D eigenvalue weighted by Crippen LogP contribution is -2.73. The fourth-order valence-electron chi connectivity index (χ4n) is 5.86. The van der Waals surface area contributed by atoms with Gasteiger partial charge in [0.25, 0.3) is 0 Å². The van der Waals surface area contributed by atoms with Crippen LogP contribution < -0.4 is 10.1 Å². The summed E-state index contributed by atoms with van der Waals surface area (Å²) in [6.45, 7) is 3.18. The number of thiophene rings is 1. The van der Waals surface area contributed by atoms with Crippen LogP contribution in [-0.4, -0.2) is 69.6 Å². The maximum Gasteiger partial charge on any atom is 0.226 e. The molecule has 1 spiro atoms. The quantitative estimate of drug-likeness (QED) is 0.396. The summed E-state index contributed by atoms with van der Waals surface area (Å²) in [7, 11) is -3.02. The Balaban J connectivity index is 1.16. The number of H-pyrrole nitrogens is 1. The van der Waals surface area contributed by atoms with E-state index in [1.54, 1.807) is 28.8 Å². The first kappa shape index (κ1) is 22.9. The molecule has 1 atom stereocenters. The number of ether oxygens (including phenoxy) is 1. The van der Waals surface area contributed by atoms with Crippen LogP contribution in [0, 0.1) is 5.92 Å². The summed E-state index contributed by atoms with van der Waals surface area (Å²) in [5, 5.41) is 12.5. The molecule has 0 bridgehead atoms. The number of carbonyl (C=O) groups excluding carboxylic acids is 1. The highest BCUT2D eigenvalue weighted by molar-refractivity contribution is 7.94. The van der Waals surface area contributed by atoms with Crippen molar-refractivity contribution in [2.45, 2.75) is 37.4 Å². The van der Waals surface area contributed by atoms with E-state index in [9.17, 15) is 13.2 Å². The second-order valence-corrected chi connectivity index (χ2v) is 13.7. The van der Waals surface area contributed by atoms with Gasteiger partial charge in [-0.25, -0.2) is 18.4 Å². The van der Waals surface area contributed by atoms with Crippen LogP contribution in [0.3, 0.4) is 0 Å². The summed E-state index contributed by atoms with van der Waals surface area (Å²) in [6, 6.07) is 3.92. The number of nitrogens with zero attached hydrogens (tertiary/aromatic N) is 4. The highest BCUT2D eigenvalue weighted by Crippen LogP contribution is 2.45. The van der Waals surface area contributed by atoms with E-state index in [0.717, 1.165) is 50.3 Å². The van der Waals surface area contributed by atoms with Gasteiger partial charge in [0.2, 0.25) is 5.91 Å². The molecule has 37 heavy (non-hydrogen) atoms. The van der Waals surface area contributed by atoms with Crippen molar-refractivity contribution in [1.82, 2.24) is 25.1 Å². The van der Waals surface area contributed by atoms with Gasteiger partial charge >= 0.3 is 0 Å². The highest BCUT2D eigenvalue weighted by atomic mass is 32.2. The summed E-state index contributed by atoms with van der Waals surface area (Å²) in [4.78, 5) is 26.1. The van der Waals surface area contributed by atoms with Gasteiger partial charge in [0, 0.05) is 35.3 Å². The lowest BCUT2D eigenvalue weighted by Gasteiger charge is -2.55. The highest BCUT2D eigenvalue weighted by Gasteiger charge is 2.61. The maximum absolute atomic E-state index is 13.2. The molecule has 7 rings (SSSR count). The van der Waals surface area contributed by atoms with Crippen LogP contribution in [0.5, 0.6) is 5.75 Å². The molecular formula is C25H26N6O4S2. The van der Waals surface area contributed by atoms with Gasteiger partial charge in [0.05, 0.1) is 35.1 Å². The molecule has 2 saturated heterocycles. The Bertz CT molecular complexity index is 1670. The number of sulfone groups is 1. The Kier molecular flexibility index (Phi) is 5.03. The zero-order valence-electron chi connectivity index (χ0n) is 20.3. The fraction of sp³-hybridized carbons (Fsp3) is 0.440. The summed E-state index contributed by atoms with van der Waals surface area (Å²) >= 11 is 1.61. The molecule has 5 heterocycles. The van der Waals surface area contributed by atoms with Crippen molar-refractivity contribution in [2.24, 2.45) is 5.92 Å². The van der Waals surface area contributed by atoms with E-state index in [1.165, 1.54) is 5.56 Å². The predicted molar refractivity (Wildman–Crippen MR) is 141 cm³/mol. The third-order valence-corrected chi connectivity index (χ3v) is 11.7. The smallest absolute Gasteiger partial charge is 0.226 e. The number of amides is 1. The minimum Gasteiger partial charge on any atom is -0.492 e. The van der Waals surface area contributed by atoms with E-state index in [1.807, 2.05) is 19.1 Å². The first-order valence-electron chi connectivity index (χ1n) is 12.5. The molecule has 0 radical (unpaired) electrons. The van der Waals surface area contributed by atoms with E-state index in [-0.39, 0.29) is 17.6 Å². The van der Waals surface area contributed by atoms with Gasteiger partial charge in [-0.15, -0.1) is 11.3 Å². The average Bonchev–Trinajstić information content (AvgIpc) is 3.46. The van der Waals surface area contributed by atoms with Gasteiger partial charge in [0.15, 0.2) is 9.84 Å². The molecule has 1 aliphatic carbocycles. The number of anilines is 2. The van der Waals surface area contributed by atoms with Gasteiger partial charge in [-0.1, -0.05) is 0 Å². The number of aryl methyl sites for hydroxylation is 1. The van der Waals surface area contributed by atoms with Gasteiger partial charge in [-0.2, -0.15) is 5.10 Å². The van der Waals surface area contributed by atoms with Gasteiger partial charge in [0.1, 0.15) is 27.5 Å². The Hall–Kier alpha value is -3.25. The lowest BCUT2D eigenvalue weighted by molar-refractivity contribution is -0.141. The molecule has 2 fully saturated rings. The predicted octanol–water partition coefficient (Wildman–Crippen LogP) is 3.21. The van der Waals surface area contributed by atoms with E-state index in [2.05, 4.69) is 25.5 Å². The first-order chi connectivity index (χ1) is 17.9. The summed E-state index contributed by atoms with van der Waals surface area (Å²) < 4.78 is 29.5. The van der Waals surface area contributed by atoms with Crippen LogP contribution in [0.4, 0.5) is 11.5 Å². The van der Waals surface area contributed by atoms with E-state index in [0.29, 0.717) is 38.3 Å². The number of hydrogen-bond acceptors (Lipinski definition) is 9. The maximum atomic E-state index is 13.2. The normalized spacial score (nSPS) is 21.4. The summed E-state index contributed by atoms with van der Waals surface area (Å²) in [5.74, 6) is 1.63. The molecule has 1 aromatic carbocycles. The second kappa shape index (κ2) is 8.12. The molecular weight excluding hydrogens is 512 g/mol. The van der Waals surface area contributed by atoms with Gasteiger partial charge in [-0.3, -0.25) is 9.89 Å². The van der Waals surface area contributed by atoms with Crippen LogP contribution in [0.25, 0.3) is 21.1 Å². The van der Waals surface area contributed by atoms with Crippen LogP contribution >= 0.6 is 11.3 Å². The molecule has 10 nitrogen and oxygen atoms in total. The standard InChI is InChI=1S/C25H26N6O4S2/c1-2-35-19-9-17-15(10-28-30-17)7-18(19)29-22-21-16-4-3-14(8-20(16)36-23(21)27-13-26-22)24(32)31-11-25(12-31)5-6-37(25,33)34/h7,9-10,13-14H,2-6,8,11-12H2,1H3,(H,28,30)(H,26,27,29)/t14-/m0/s1. The minimum atomic E-state index is -3.02. The Morgan fingerprint density at radius 3 is 2.95 bits per heavy atom. The van der Waals surface area contributed by atoms with Crippen molar-refractivity contribution in [2.75, 3.05) is 30.8 Å². The van der Waals surface area contributed by atoms with Crippen molar-refractivity contribution in [3.63, 3.8) is 0 Å². The number of benzene rings is 1. The SMILES string of the molecule is CCOc1cc2[nH]ncc2cc1Nc1ncnc2sc3c(c12)CC[C@H](C(=O)N1CC2(CCS2(=O)=O)C1)C3. The van der Waals surface area contributed by atoms with Gasteiger partial charge in [-0.05, 0) is 44.2 Å². The number of hydrogen-bond donors (Lipinski definition) is 2.